The van der Waals surface area contributed by atoms with Crippen molar-refractivity contribution in [2.45, 2.75) is 25.1 Å². The van der Waals surface area contributed by atoms with Gasteiger partial charge in [-0.25, -0.2) is 0 Å². The first-order valence-corrected chi connectivity index (χ1v) is 14.6. The van der Waals surface area contributed by atoms with E-state index in [0.29, 0.717) is 10.8 Å². The number of rotatable bonds is 5. The van der Waals surface area contributed by atoms with Crippen LogP contribution in [0.5, 0.6) is 0 Å². The van der Waals surface area contributed by atoms with Crippen molar-refractivity contribution in [2.75, 3.05) is 11.4 Å². The van der Waals surface area contributed by atoms with E-state index in [-0.39, 0.29) is 29.3 Å². The summed E-state index contributed by atoms with van der Waals surface area (Å²) >= 11 is 0. The van der Waals surface area contributed by atoms with Crippen molar-refractivity contribution in [3.05, 3.63) is 77.9 Å². The van der Waals surface area contributed by atoms with Gasteiger partial charge in [0, 0.05) is 17.7 Å². The summed E-state index contributed by atoms with van der Waals surface area (Å²) in [6.07, 6.45) is 1.48. The molecule has 0 N–H and O–H groups in total. The Morgan fingerprint density at radius 2 is 1.53 bits per heavy atom. The molecule has 32 heavy (non-hydrogen) atoms. The van der Waals surface area contributed by atoms with Crippen molar-refractivity contribution in [1.82, 2.24) is 0 Å². The van der Waals surface area contributed by atoms with Gasteiger partial charge in [-0.15, -0.1) is 6.58 Å². The number of carbonyl (C=O) groups is 1. The van der Waals surface area contributed by atoms with E-state index in [2.05, 4.69) is 6.58 Å². The van der Waals surface area contributed by atoms with Gasteiger partial charge in [0.2, 0.25) is 0 Å². The zero-order valence-corrected chi connectivity index (χ0v) is 19.5. The largest absolute Gasteiger partial charge is 0.534 e. The second-order valence-corrected chi connectivity index (χ2v) is 14.7. The summed E-state index contributed by atoms with van der Waals surface area (Å²) in [6.45, 7) is 9.26. The van der Waals surface area contributed by atoms with Crippen LogP contribution in [-0.4, -0.2) is 34.5 Å². The summed E-state index contributed by atoms with van der Waals surface area (Å²) in [5, 5.41) is 0.306. The zero-order valence-electron chi connectivity index (χ0n) is 17.7. The van der Waals surface area contributed by atoms with Gasteiger partial charge < -0.3 is 9.08 Å². The van der Waals surface area contributed by atoms with E-state index in [1.54, 1.807) is 36.4 Å². The van der Waals surface area contributed by atoms with Crippen molar-refractivity contribution in [3.63, 3.8) is 0 Å². The molecule has 170 valence electrons. The quantitative estimate of drug-likeness (QED) is 0.247. The molecule has 5 nitrogen and oxygen atoms in total. The number of benzene rings is 2. The molecule has 2 aromatic rings. The Balaban J connectivity index is 2.53. The first-order chi connectivity index (χ1) is 14.8. The van der Waals surface area contributed by atoms with Crippen LogP contribution >= 0.6 is 0 Å². The molecule has 0 spiro atoms. The Morgan fingerprint density at radius 1 is 1.00 bits per heavy atom. The van der Waals surface area contributed by atoms with Gasteiger partial charge in [-0.3, -0.25) is 4.79 Å². The Morgan fingerprint density at radius 3 is 2.06 bits per heavy atom. The predicted molar refractivity (Wildman–Crippen MR) is 121 cm³/mol. The van der Waals surface area contributed by atoms with E-state index < -0.39 is 29.5 Å². The van der Waals surface area contributed by atoms with Gasteiger partial charge in [0.1, 0.15) is 0 Å². The number of alkyl halides is 3. The molecular weight excluding hydrogens is 459 g/mol. The summed E-state index contributed by atoms with van der Waals surface area (Å²) in [5.41, 5.74) is -4.70. The van der Waals surface area contributed by atoms with Gasteiger partial charge in [-0.2, -0.15) is 21.6 Å². The molecule has 10 heteroatoms. The van der Waals surface area contributed by atoms with Crippen molar-refractivity contribution in [1.29, 1.82) is 0 Å². The summed E-state index contributed by atoms with van der Waals surface area (Å²) in [5.74, 6) is -0.785. The van der Waals surface area contributed by atoms with E-state index >= 15 is 0 Å². The van der Waals surface area contributed by atoms with E-state index in [0.717, 1.165) is 0 Å². The molecule has 1 aliphatic heterocycles. The zero-order chi connectivity index (χ0) is 23.9. The van der Waals surface area contributed by atoms with Crippen LogP contribution in [-0.2, 0) is 14.3 Å². The molecule has 0 saturated carbocycles. The van der Waals surface area contributed by atoms with Crippen LogP contribution in [0.15, 0.2) is 61.2 Å². The standard InChI is InChI=1S/C22H22F3NO4SSi/c1-5-14-26-18-13-9-8-12-17(18)19(30-31(28,29)22(23,24)25)20(32(2,3)4)15-10-6-7-11-16(15)21(26)27/h5-13H,1,14H2,2-4H3/b20-19-. The average Bonchev–Trinajstić information content (AvgIpc) is 2.69. The van der Waals surface area contributed by atoms with Crippen LogP contribution in [0.2, 0.25) is 19.6 Å². The highest BCUT2D eigenvalue weighted by Crippen LogP contribution is 2.44. The number of anilines is 1. The number of amides is 1. The molecule has 1 amide bonds. The number of hydrogen-bond donors (Lipinski definition) is 0. The molecule has 0 unspecified atom stereocenters. The lowest BCUT2D eigenvalue weighted by Crippen LogP contribution is -2.36. The first-order valence-electron chi connectivity index (χ1n) is 9.66. The Kier molecular flexibility index (Phi) is 6.14. The van der Waals surface area contributed by atoms with E-state index in [1.807, 2.05) is 19.6 Å². The SMILES string of the molecule is C=CCN1C(=O)c2ccccc2/C([Si](C)(C)C)=C(/OS(=O)(=O)C(F)(F)F)c2ccccc21. The number of nitrogens with zero attached hydrogens (tertiary/aromatic N) is 1. The molecule has 0 fully saturated rings. The third-order valence-electron chi connectivity index (χ3n) is 4.88. The Labute approximate surface area is 185 Å². The van der Waals surface area contributed by atoms with Gasteiger partial charge in [0.25, 0.3) is 5.91 Å². The first kappa shape index (κ1) is 23.8. The van der Waals surface area contributed by atoms with E-state index in [9.17, 15) is 26.4 Å². The lowest BCUT2D eigenvalue weighted by molar-refractivity contribution is -0.0509. The molecule has 1 heterocycles. The van der Waals surface area contributed by atoms with Crippen LogP contribution < -0.4 is 4.90 Å². The van der Waals surface area contributed by atoms with Gasteiger partial charge in [-0.1, -0.05) is 56.0 Å². The fourth-order valence-electron chi connectivity index (χ4n) is 3.60. The molecule has 0 aliphatic carbocycles. The Bertz CT molecular complexity index is 1210. The van der Waals surface area contributed by atoms with E-state index in [4.69, 9.17) is 4.18 Å². The number of para-hydroxylation sites is 1. The minimum absolute atomic E-state index is 0.0613. The topological polar surface area (TPSA) is 63.7 Å². The van der Waals surface area contributed by atoms with Gasteiger partial charge in [-0.05, 0) is 29.0 Å². The lowest BCUT2D eigenvalue weighted by Gasteiger charge is -2.33. The molecule has 0 radical (unpaired) electrons. The number of hydrogen-bond acceptors (Lipinski definition) is 4. The summed E-state index contributed by atoms with van der Waals surface area (Å²) < 4.78 is 69.1. The van der Waals surface area contributed by atoms with Gasteiger partial charge in [0.15, 0.2) is 5.76 Å². The minimum Gasteiger partial charge on any atom is -0.375 e. The van der Waals surface area contributed by atoms with Crippen LogP contribution in [0.1, 0.15) is 21.5 Å². The van der Waals surface area contributed by atoms with Gasteiger partial charge >= 0.3 is 15.6 Å². The fourth-order valence-corrected chi connectivity index (χ4v) is 6.05. The second kappa shape index (κ2) is 8.25. The highest BCUT2D eigenvalue weighted by molar-refractivity contribution is 7.87. The molecule has 0 aromatic heterocycles. The highest BCUT2D eigenvalue weighted by Gasteiger charge is 2.50. The summed E-state index contributed by atoms with van der Waals surface area (Å²) in [6, 6.07) is 12.6. The lowest BCUT2D eigenvalue weighted by atomic mass is 9.99. The fraction of sp³-hybridized carbons (Fsp3) is 0.227. The van der Waals surface area contributed by atoms with Crippen molar-refractivity contribution in [3.8, 4) is 0 Å². The van der Waals surface area contributed by atoms with Crippen molar-refractivity contribution in [2.24, 2.45) is 0 Å². The van der Waals surface area contributed by atoms with E-state index in [1.165, 1.54) is 23.1 Å². The number of fused-ring (bicyclic) bond motifs is 2. The molecule has 0 bridgehead atoms. The minimum atomic E-state index is -5.97. The van der Waals surface area contributed by atoms with Crippen LogP contribution in [0.4, 0.5) is 18.9 Å². The predicted octanol–water partition coefficient (Wildman–Crippen LogP) is 5.44. The maximum atomic E-state index is 13.5. The van der Waals surface area contributed by atoms with Crippen LogP contribution in [0, 0.1) is 0 Å². The van der Waals surface area contributed by atoms with Crippen molar-refractivity contribution >= 4 is 40.7 Å². The molecule has 3 rings (SSSR count). The molecule has 2 aromatic carbocycles. The third-order valence-corrected chi connectivity index (χ3v) is 7.83. The molecule has 0 atom stereocenters. The average molecular weight is 482 g/mol. The summed E-state index contributed by atoms with van der Waals surface area (Å²) in [7, 11) is -8.56. The number of halogens is 3. The Hall–Kier alpha value is -2.85. The van der Waals surface area contributed by atoms with Crippen LogP contribution in [0.3, 0.4) is 0 Å². The maximum absolute atomic E-state index is 13.5. The van der Waals surface area contributed by atoms with Crippen LogP contribution in [0.25, 0.3) is 11.0 Å². The highest BCUT2D eigenvalue weighted by atomic mass is 32.2. The summed E-state index contributed by atoms with van der Waals surface area (Å²) in [4.78, 5) is 14.8. The smallest absolute Gasteiger partial charge is 0.375 e. The third kappa shape index (κ3) is 4.24. The maximum Gasteiger partial charge on any atom is 0.534 e. The second-order valence-electron chi connectivity index (χ2n) is 8.20. The molecule has 0 saturated heterocycles. The molecule has 1 aliphatic rings. The monoisotopic (exact) mass is 481 g/mol. The van der Waals surface area contributed by atoms with Crippen molar-refractivity contribution < 1.29 is 30.6 Å². The normalized spacial score (nSPS) is 17.2. The molecular formula is C22H22F3NO4SSi. The van der Waals surface area contributed by atoms with Gasteiger partial charge in [0.05, 0.1) is 13.8 Å². The number of carbonyl (C=O) groups excluding carboxylic acids is 1.